The van der Waals surface area contributed by atoms with Gasteiger partial charge in [-0.05, 0) is 33.9 Å². The summed E-state index contributed by atoms with van der Waals surface area (Å²) in [7, 11) is 1.86. The molecule has 7 heteroatoms. The maximum atomic E-state index is 12.4. The zero-order valence-electron chi connectivity index (χ0n) is 14.8. The Morgan fingerprint density at radius 1 is 1.28 bits per heavy atom. The normalized spacial score (nSPS) is 12.5. The second-order valence-electron chi connectivity index (χ2n) is 6.16. The third kappa shape index (κ3) is 3.83. The number of aromatic nitrogens is 3. The second-order valence-corrected chi connectivity index (χ2v) is 6.16. The van der Waals surface area contributed by atoms with E-state index in [0.29, 0.717) is 18.3 Å². The van der Waals surface area contributed by atoms with E-state index in [1.165, 1.54) is 0 Å². The maximum Gasteiger partial charge on any atom is 0.243 e. The van der Waals surface area contributed by atoms with Crippen LogP contribution in [0, 0.1) is 13.8 Å². The fourth-order valence-electron chi connectivity index (χ4n) is 2.57. The van der Waals surface area contributed by atoms with Crippen LogP contribution in [0.2, 0.25) is 0 Å². The van der Waals surface area contributed by atoms with Crippen LogP contribution in [-0.2, 0) is 11.3 Å². The molecule has 0 aliphatic carbocycles. The summed E-state index contributed by atoms with van der Waals surface area (Å²) in [6, 6.07) is 9.21. The molecule has 7 nitrogen and oxygen atoms in total. The number of nitrogens with one attached hydrogen (secondary N) is 1. The van der Waals surface area contributed by atoms with Gasteiger partial charge in [-0.25, -0.2) is 9.97 Å². The predicted molar refractivity (Wildman–Crippen MR) is 95.1 cm³/mol. The van der Waals surface area contributed by atoms with Crippen molar-refractivity contribution in [2.24, 2.45) is 0 Å². The fraction of sp³-hybridized carbons (Fsp3) is 0.333. The smallest absolute Gasteiger partial charge is 0.243 e. The summed E-state index contributed by atoms with van der Waals surface area (Å²) >= 11 is 0. The van der Waals surface area contributed by atoms with Gasteiger partial charge < -0.3 is 4.52 Å². The van der Waals surface area contributed by atoms with Crippen molar-refractivity contribution in [1.82, 2.24) is 20.0 Å². The topological polar surface area (TPSA) is 84.2 Å². The average molecular weight is 339 g/mol. The molecule has 1 atom stereocenters. The van der Waals surface area contributed by atoms with E-state index in [-0.39, 0.29) is 11.9 Å². The molecule has 2 heterocycles. The molecule has 0 aliphatic rings. The van der Waals surface area contributed by atoms with Gasteiger partial charge in [-0.3, -0.25) is 15.0 Å². The molecule has 0 fully saturated rings. The first-order valence-electron chi connectivity index (χ1n) is 8.10. The molecule has 0 radical (unpaired) electrons. The zero-order chi connectivity index (χ0) is 18.0. The lowest BCUT2D eigenvalue weighted by atomic mass is 10.2. The van der Waals surface area contributed by atoms with Crippen molar-refractivity contribution in [3.8, 4) is 0 Å². The third-order valence-corrected chi connectivity index (χ3v) is 4.15. The minimum absolute atomic E-state index is 0.170. The molecule has 130 valence electrons. The number of benzene rings is 1. The molecule has 0 saturated carbocycles. The first-order chi connectivity index (χ1) is 11.9. The quantitative estimate of drug-likeness (QED) is 0.769. The molecule has 0 unspecified atom stereocenters. The summed E-state index contributed by atoms with van der Waals surface area (Å²) < 4.78 is 5.02. The van der Waals surface area contributed by atoms with Gasteiger partial charge in [0.25, 0.3) is 0 Å². The van der Waals surface area contributed by atoms with Crippen molar-refractivity contribution in [1.29, 1.82) is 0 Å². The fourth-order valence-corrected chi connectivity index (χ4v) is 2.57. The number of anilines is 1. The number of hydrogen-bond acceptors (Lipinski definition) is 6. The lowest BCUT2D eigenvalue weighted by Gasteiger charge is -2.22. The van der Waals surface area contributed by atoms with Crippen molar-refractivity contribution in [2.75, 3.05) is 12.4 Å². The van der Waals surface area contributed by atoms with E-state index in [0.717, 1.165) is 22.3 Å². The Balaban J connectivity index is 1.70. The van der Waals surface area contributed by atoms with Gasteiger partial charge in [-0.2, -0.15) is 0 Å². The van der Waals surface area contributed by atoms with Crippen molar-refractivity contribution in [3.63, 3.8) is 0 Å². The van der Waals surface area contributed by atoms with Crippen molar-refractivity contribution in [3.05, 3.63) is 47.5 Å². The van der Waals surface area contributed by atoms with E-state index in [1.54, 1.807) is 13.0 Å². The average Bonchev–Trinajstić information content (AvgIpc) is 2.99. The highest BCUT2D eigenvalue weighted by Crippen LogP contribution is 2.16. The molecular weight excluding hydrogens is 318 g/mol. The van der Waals surface area contributed by atoms with Gasteiger partial charge in [0, 0.05) is 17.1 Å². The molecule has 0 saturated heterocycles. The predicted octanol–water partition coefficient (Wildman–Crippen LogP) is 2.69. The number of para-hydroxylation sites is 1. The molecule has 1 amide bonds. The number of likely N-dealkylation sites (N-methyl/N-ethyl adjacent to an activating group) is 1. The van der Waals surface area contributed by atoms with Crippen molar-refractivity contribution >= 4 is 22.7 Å². The molecule has 0 aliphatic heterocycles. The van der Waals surface area contributed by atoms with Crippen LogP contribution >= 0.6 is 0 Å². The molecule has 3 rings (SSSR count). The number of rotatable bonds is 5. The number of nitrogens with zero attached hydrogens (tertiary/aromatic N) is 4. The van der Waals surface area contributed by atoms with Crippen LogP contribution in [0.1, 0.15) is 24.1 Å². The second kappa shape index (κ2) is 6.98. The molecule has 1 aromatic carbocycles. The molecule has 0 spiro atoms. The third-order valence-electron chi connectivity index (χ3n) is 4.15. The molecule has 25 heavy (non-hydrogen) atoms. The van der Waals surface area contributed by atoms with Gasteiger partial charge in [-0.1, -0.05) is 23.4 Å². The van der Waals surface area contributed by atoms with Crippen LogP contribution in [0.5, 0.6) is 0 Å². The summed E-state index contributed by atoms with van der Waals surface area (Å²) in [4.78, 5) is 23.4. The van der Waals surface area contributed by atoms with E-state index in [1.807, 2.05) is 50.1 Å². The largest absolute Gasteiger partial charge is 0.338 e. The SMILES string of the molecule is Cc1cc(NC(=O)[C@H](C)N(C)Cc2nc(C)c3ccccc3n2)on1. The summed E-state index contributed by atoms with van der Waals surface area (Å²) in [5.41, 5.74) is 2.56. The minimum Gasteiger partial charge on any atom is -0.338 e. The number of amides is 1. The van der Waals surface area contributed by atoms with E-state index in [2.05, 4.69) is 20.4 Å². The summed E-state index contributed by atoms with van der Waals surface area (Å²) in [6.07, 6.45) is 0. The molecule has 0 bridgehead atoms. The van der Waals surface area contributed by atoms with Gasteiger partial charge in [0.2, 0.25) is 11.8 Å². The Morgan fingerprint density at radius 3 is 2.76 bits per heavy atom. The van der Waals surface area contributed by atoms with Crippen molar-refractivity contribution < 1.29 is 9.32 Å². The number of hydrogen-bond donors (Lipinski definition) is 1. The van der Waals surface area contributed by atoms with Crippen LogP contribution in [0.3, 0.4) is 0 Å². The highest BCUT2D eigenvalue weighted by molar-refractivity contribution is 5.93. The van der Waals surface area contributed by atoms with Gasteiger partial charge >= 0.3 is 0 Å². The van der Waals surface area contributed by atoms with E-state index in [4.69, 9.17) is 4.52 Å². The van der Waals surface area contributed by atoms with E-state index in [9.17, 15) is 4.79 Å². The van der Waals surface area contributed by atoms with Crippen LogP contribution < -0.4 is 5.32 Å². The lowest BCUT2D eigenvalue weighted by molar-refractivity contribution is -0.120. The molecule has 1 N–H and O–H groups in total. The maximum absolute atomic E-state index is 12.4. The van der Waals surface area contributed by atoms with Crippen LogP contribution in [0.25, 0.3) is 10.9 Å². The number of aryl methyl sites for hydroxylation is 2. The summed E-state index contributed by atoms with van der Waals surface area (Å²) in [5.74, 6) is 0.866. The Kier molecular flexibility index (Phi) is 4.76. The zero-order valence-corrected chi connectivity index (χ0v) is 14.8. The Morgan fingerprint density at radius 2 is 2.04 bits per heavy atom. The van der Waals surface area contributed by atoms with Crippen LogP contribution in [0.4, 0.5) is 5.88 Å². The highest BCUT2D eigenvalue weighted by Gasteiger charge is 2.20. The monoisotopic (exact) mass is 339 g/mol. The highest BCUT2D eigenvalue weighted by atomic mass is 16.5. The number of fused-ring (bicyclic) bond motifs is 1. The minimum atomic E-state index is -0.374. The molecule has 2 aromatic heterocycles. The summed E-state index contributed by atoms with van der Waals surface area (Å²) in [5, 5.41) is 7.52. The molecule has 3 aromatic rings. The lowest BCUT2D eigenvalue weighted by Crippen LogP contribution is -2.39. The number of carbonyl (C=O) groups excluding carboxylic acids is 1. The van der Waals surface area contributed by atoms with Crippen LogP contribution in [0.15, 0.2) is 34.9 Å². The number of carbonyl (C=O) groups is 1. The van der Waals surface area contributed by atoms with Gasteiger partial charge in [0.15, 0.2) is 0 Å². The van der Waals surface area contributed by atoms with Gasteiger partial charge in [0.1, 0.15) is 5.82 Å². The Bertz CT molecular complexity index is 905. The Labute approximate surface area is 146 Å². The summed E-state index contributed by atoms with van der Waals surface area (Å²) in [6.45, 7) is 6.06. The van der Waals surface area contributed by atoms with E-state index < -0.39 is 0 Å². The standard InChI is InChI=1S/C18H21N5O2/c1-11-9-17(25-22-11)21-18(24)13(3)23(4)10-16-19-12(2)14-7-5-6-8-15(14)20-16/h5-9,13H,10H2,1-4H3,(H,21,24)/t13-/m0/s1. The Hall–Kier alpha value is -2.80. The van der Waals surface area contributed by atoms with Gasteiger partial charge in [0.05, 0.1) is 23.8 Å². The first-order valence-corrected chi connectivity index (χ1v) is 8.10. The van der Waals surface area contributed by atoms with Crippen molar-refractivity contribution in [2.45, 2.75) is 33.4 Å². The van der Waals surface area contributed by atoms with Crippen LogP contribution in [-0.4, -0.2) is 39.0 Å². The molecular formula is C18H21N5O2. The van der Waals surface area contributed by atoms with Gasteiger partial charge in [-0.15, -0.1) is 0 Å². The van der Waals surface area contributed by atoms with E-state index >= 15 is 0 Å². The first kappa shape index (κ1) is 17.0.